The third kappa shape index (κ3) is 4.09. The summed E-state index contributed by atoms with van der Waals surface area (Å²) >= 11 is 1.68. The Hall–Kier alpha value is -2.01. The van der Waals surface area contributed by atoms with Crippen LogP contribution in [0.5, 0.6) is 0 Å². The average molecular weight is 341 g/mol. The number of hydrogen-bond acceptors (Lipinski definition) is 4. The van der Waals surface area contributed by atoms with Crippen molar-refractivity contribution in [3.8, 4) is 0 Å². The molecule has 3 rings (SSSR count). The number of aromatic nitrogens is 1. The molecule has 126 valence electrons. The summed E-state index contributed by atoms with van der Waals surface area (Å²) in [7, 11) is 0. The first kappa shape index (κ1) is 16.8. The number of carbonyl (C=O) groups excluding carboxylic acids is 1. The summed E-state index contributed by atoms with van der Waals surface area (Å²) in [5, 5.41) is 2.95. The Morgan fingerprint density at radius 2 is 1.96 bits per heavy atom. The number of carbonyl (C=O) groups is 1. The topological polar surface area (TPSA) is 45.2 Å². The predicted octanol–water partition coefficient (Wildman–Crippen LogP) is 4.44. The summed E-state index contributed by atoms with van der Waals surface area (Å²) in [6.45, 7) is 4.23. The number of piperidine rings is 1. The molecule has 1 N–H and O–H groups in total. The number of hydrogen-bond donors (Lipinski definition) is 1. The van der Waals surface area contributed by atoms with Crippen LogP contribution < -0.4 is 10.2 Å². The molecule has 2 aromatic rings. The van der Waals surface area contributed by atoms with E-state index in [0.717, 1.165) is 35.2 Å². The van der Waals surface area contributed by atoms with E-state index in [0.29, 0.717) is 5.56 Å². The predicted molar refractivity (Wildman–Crippen MR) is 101 cm³/mol. The number of nitrogens with zero attached hydrogens (tertiary/aromatic N) is 2. The van der Waals surface area contributed by atoms with Crippen molar-refractivity contribution >= 4 is 29.2 Å². The number of amides is 1. The third-order valence-corrected chi connectivity index (χ3v) is 5.07. The molecule has 0 atom stereocenters. The van der Waals surface area contributed by atoms with E-state index >= 15 is 0 Å². The van der Waals surface area contributed by atoms with E-state index in [9.17, 15) is 4.79 Å². The maximum atomic E-state index is 12.5. The summed E-state index contributed by atoms with van der Waals surface area (Å²) in [5.41, 5.74) is 1.45. The first-order valence-electron chi connectivity index (χ1n) is 8.52. The van der Waals surface area contributed by atoms with Gasteiger partial charge in [-0.1, -0.05) is 19.1 Å². The first-order valence-corrected chi connectivity index (χ1v) is 9.50. The molecule has 24 heavy (non-hydrogen) atoms. The van der Waals surface area contributed by atoms with Crippen molar-refractivity contribution in [2.24, 2.45) is 0 Å². The van der Waals surface area contributed by atoms with Crippen LogP contribution in [-0.4, -0.2) is 29.7 Å². The van der Waals surface area contributed by atoms with Crippen LogP contribution in [0.4, 0.5) is 11.5 Å². The zero-order chi connectivity index (χ0) is 16.8. The molecular weight excluding hydrogens is 318 g/mol. The normalized spacial score (nSPS) is 14.5. The molecule has 1 aliphatic rings. The van der Waals surface area contributed by atoms with Gasteiger partial charge in [0, 0.05) is 18.0 Å². The maximum Gasteiger partial charge on any atom is 0.256 e. The van der Waals surface area contributed by atoms with Gasteiger partial charge in [-0.3, -0.25) is 4.79 Å². The molecule has 1 amide bonds. The van der Waals surface area contributed by atoms with Crippen LogP contribution in [0.1, 0.15) is 36.5 Å². The fourth-order valence-electron chi connectivity index (χ4n) is 2.90. The number of pyridine rings is 1. The van der Waals surface area contributed by atoms with E-state index in [1.165, 1.54) is 19.3 Å². The fourth-order valence-corrected chi connectivity index (χ4v) is 3.71. The molecule has 1 fully saturated rings. The van der Waals surface area contributed by atoms with Crippen molar-refractivity contribution in [1.82, 2.24) is 4.98 Å². The lowest BCUT2D eigenvalue weighted by Crippen LogP contribution is -2.30. The molecule has 0 unspecified atom stereocenters. The van der Waals surface area contributed by atoms with Crippen molar-refractivity contribution in [2.45, 2.75) is 31.1 Å². The lowest BCUT2D eigenvalue weighted by Gasteiger charge is -2.27. The van der Waals surface area contributed by atoms with Crippen molar-refractivity contribution in [3.63, 3.8) is 0 Å². The molecule has 5 heteroatoms. The van der Waals surface area contributed by atoms with E-state index in [-0.39, 0.29) is 5.91 Å². The zero-order valence-corrected chi connectivity index (χ0v) is 14.8. The van der Waals surface area contributed by atoms with Gasteiger partial charge in [0.05, 0.1) is 17.4 Å². The van der Waals surface area contributed by atoms with Gasteiger partial charge in [0.1, 0.15) is 5.82 Å². The van der Waals surface area contributed by atoms with Crippen molar-refractivity contribution < 1.29 is 4.79 Å². The van der Waals surface area contributed by atoms with Crippen LogP contribution in [0, 0.1) is 0 Å². The summed E-state index contributed by atoms with van der Waals surface area (Å²) in [6.07, 6.45) is 5.51. The largest absolute Gasteiger partial charge is 0.357 e. The number of nitrogens with one attached hydrogen (secondary N) is 1. The first-order chi connectivity index (χ1) is 11.8. The highest BCUT2D eigenvalue weighted by atomic mass is 32.2. The monoisotopic (exact) mass is 341 g/mol. The molecule has 4 nitrogen and oxygen atoms in total. The second kappa shape index (κ2) is 8.20. The highest BCUT2D eigenvalue weighted by Crippen LogP contribution is 2.24. The smallest absolute Gasteiger partial charge is 0.256 e. The zero-order valence-electron chi connectivity index (χ0n) is 14.0. The Bertz CT molecular complexity index is 681. The van der Waals surface area contributed by atoms with Crippen molar-refractivity contribution in [2.75, 3.05) is 29.1 Å². The second-order valence-corrected chi connectivity index (χ2v) is 7.14. The highest BCUT2D eigenvalue weighted by Gasteiger charge is 2.13. The Morgan fingerprint density at radius 3 is 2.67 bits per heavy atom. The second-order valence-electron chi connectivity index (χ2n) is 5.84. The van der Waals surface area contributed by atoms with Gasteiger partial charge in [0.2, 0.25) is 0 Å². The molecule has 1 saturated heterocycles. The quantitative estimate of drug-likeness (QED) is 0.817. The van der Waals surface area contributed by atoms with E-state index in [2.05, 4.69) is 22.1 Å². The Morgan fingerprint density at radius 1 is 1.17 bits per heavy atom. The van der Waals surface area contributed by atoms with Gasteiger partial charge in [-0.25, -0.2) is 4.98 Å². The average Bonchev–Trinajstić information content (AvgIpc) is 2.64. The lowest BCUT2D eigenvalue weighted by molar-refractivity contribution is 0.102. The molecule has 0 radical (unpaired) electrons. The van der Waals surface area contributed by atoms with Gasteiger partial charge in [-0.2, -0.15) is 0 Å². The molecule has 0 spiro atoms. The van der Waals surface area contributed by atoms with Crippen LogP contribution in [0.25, 0.3) is 0 Å². The van der Waals surface area contributed by atoms with Gasteiger partial charge >= 0.3 is 0 Å². The summed E-state index contributed by atoms with van der Waals surface area (Å²) in [6, 6.07) is 11.6. The maximum absolute atomic E-state index is 12.5. The molecule has 2 heterocycles. The minimum absolute atomic E-state index is 0.0842. The minimum atomic E-state index is -0.0842. The summed E-state index contributed by atoms with van der Waals surface area (Å²) < 4.78 is 0. The summed E-state index contributed by atoms with van der Waals surface area (Å²) in [4.78, 5) is 20.4. The van der Waals surface area contributed by atoms with Crippen LogP contribution in [0.3, 0.4) is 0 Å². The number of anilines is 2. The molecule has 0 saturated carbocycles. The molecule has 0 bridgehead atoms. The SMILES string of the molecule is CCSc1ccccc1C(=O)Nc1ccc(N2CCCCC2)nc1. The number of benzene rings is 1. The van der Waals surface area contributed by atoms with Gasteiger partial charge in [0.15, 0.2) is 0 Å². The Balaban J connectivity index is 1.68. The lowest BCUT2D eigenvalue weighted by atomic mass is 10.1. The molecule has 1 aromatic carbocycles. The van der Waals surface area contributed by atoms with E-state index in [1.807, 2.05) is 36.4 Å². The third-order valence-electron chi connectivity index (χ3n) is 4.12. The highest BCUT2D eigenvalue weighted by molar-refractivity contribution is 7.99. The van der Waals surface area contributed by atoms with Crippen LogP contribution >= 0.6 is 11.8 Å². The van der Waals surface area contributed by atoms with Gasteiger partial charge in [0.25, 0.3) is 5.91 Å². The minimum Gasteiger partial charge on any atom is -0.357 e. The van der Waals surface area contributed by atoms with E-state index in [1.54, 1.807) is 18.0 Å². The van der Waals surface area contributed by atoms with Gasteiger partial charge in [-0.15, -0.1) is 11.8 Å². The molecule has 0 aliphatic carbocycles. The van der Waals surface area contributed by atoms with Gasteiger partial charge in [-0.05, 0) is 49.3 Å². The van der Waals surface area contributed by atoms with Gasteiger partial charge < -0.3 is 10.2 Å². The summed E-state index contributed by atoms with van der Waals surface area (Å²) in [5.74, 6) is 1.85. The van der Waals surface area contributed by atoms with E-state index < -0.39 is 0 Å². The Kier molecular flexibility index (Phi) is 5.75. The van der Waals surface area contributed by atoms with Crippen LogP contribution in [-0.2, 0) is 0 Å². The standard InChI is InChI=1S/C19H23N3OS/c1-2-24-17-9-5-4-8-16(17)19(23)21-15-10-11-18(20-14-15)22-12-6-3-7-13-22/h4-5,8-11,14H,2-3,6-7,12-13H2,1H3,(H,21,23). The van der Waals surface area contributed by atoms with Crippen molar-refractivity contribution in [1.29, 1.82) is 0 Å². The number of rotatable bonds is 5. The number of thioether (sulfide) groups is 1. The fraction of sp³-hybridized carbons (Fsp3) is 0.368. The van der Waals surface area contributed by atoms with Crippen molar-refractivity contribution in [3.05, 3.63) is 48.2 Å². The van der Waals surface area contributed by atoms with E-state index in [4.69, 9.17) is 0 Å². The Labute approximate surface area is 147 Å². The molecular formula is C19H23N3OS. The molecule has 1 aliphatic heterocycles. The van der Waals surface area contributed by atoms with Crippen LogP contribution in [0.15, 0.2) is 47.5 Å². The molecule has 1 aromatic heterocycles. The van der Waals surface area contributed by atoms with Crippen LogP contribution in [0.2, 0.25) is 0 Å².